The maximum Gasteiger partial charge on any atom is 0.180 e. The second-order valence-electron chi connectivity index (χ2n) is 7.45. The topological polar surface area (TPSA) is 27.7 Å². The van der Waals surface area contributed by atoms with E-state index in [1.165, 1.54) is 13.2 Å². The van der Waals surface area contributed by atoms with Gasteiger partial charge in [-0.05, 0) is 35.7 Å². The Kier molecular flexibility index (Phi) is 4.63. The van der Waals surface area contributed by atoms with Crippen LogP contribution in [0.2, 0.25) is 0 Å². The highest BCUT2D eigenvalue weighted by Crippen LogP contribution is 2.46. The summed E-state index contributed by atoms with van der Waals surface area (Å²) in [5.41, 5.74) is 1.02. The minimum absolute atomic E-state index is 0.400. The molecule has 5 rings (SSSR count). The number of methoxy groups -OCH3 is 2. The molecule has 0 bridgehead atoms. The van der Waals surface area contributed by atoms with E-state index in [1.54, 1.807) is 19.2 Å². The lowest BCUT2D eigenvalue weighted by Gasteiger charge is -2.37. The molecule has 1 aliphatic rings. The summed E-state index contributed by atoms with van der Waals surface area (Å²) >= 11 is 0. The number of hydrogen-bond donors (Lipinski definition) is 0. The first-order valence-electron chi connectivity index (χ1n) is 10.0. The number of ether oxygens (including phenoxy) is 3. The highest BCUT2D eigenvalue weighted by molar-refractivity contribution is 5.92. The highest BCUT2D eigenvalue weighted by Gasteiger charge is 2.40. The van der Waals surface area contributed by atoms with Gasteiger partial charge in [-0.15, -0.1) is 0 Å². The summed E-state index contributed by atoms with van der Waals surface area (Å²) in [5, 5.41) is 2.05. The van der Waals surface area contributed by atoms with Crippen LogP contribution in [0.5, 0.6) is 17.2 Å². The Morgan fingerprint density at radius 2 is 1.55 bits per heavy atom. The van der Waals surface area contributed by atoms with Gasteiger partial charge in [0.1, 0.15) is 23.1 Å². The van der Waals surface area contributed by atoms with E-state index in [-0.39, 0.29) is 0 Å². The standard InChI is InChI=1S/C27H21FO3/c1-29-21-11-9-20(10-12-21)27(24-14-13-22(30-2)17-25(24)28)16-15-19-8-7-18-5-3-4-6-23(18)26(19)31-27/h3-17H,1-2H3. The Morgan fingerprint density at radius 3 is 2.29 bits per heavy atom. The number of hydrogen-bond acceptors (Lipinski definition) is 3. The van der Waals surface area contributed by atoms with Crippen LogP contribution in [-0.2, 0) is 5.60 Å². The van der Waals surface area contributed by atoms with Crippen molar-refractivity contribution in [3.05, 3.63) is 107 Å². The highest BCUT2D eigenvalue weighted by atomic mass is 19.1. The molecule has 1 unspecified atom stereocenters. The Morgan fingerprint density at radius 1 is 0.806 bits per heavy atom. The zero-order valence-corrected chi connectivity index (χ0v) is 17.3. The average molecular weight is 412 g/mol. The predicted octanol–water partition coefficient (Wildman–Crippen LogP) is 6.35. The van der Waals surface area contributed by atoms with Crippen LogP contribution in [0, 0.1) is 5.82 Å². The number of benzene rings is 4. The van der Waals surface area contributed by atoms with E-state index < -0.39 is 11.4 Å². The molecule has 1 heterocycles. The van der Waals surface area contributed by atoms with Gasteiger partial charge in [0, 0.05) is 28.1 Å². The lowest BCUT2D eigenvalue weighted by molar-refractivity contribution is 0.158. The summed E-state index contributed by atoms with van der Waals surface area (Å²) in [6.45, 7) is 0. The van der Waals surface area contributed by atoms with Gasteiger partial charge >= 0.3 is 0 Å². The maximum absolute atomic E-state index is 15.4. The molecule has 1 aliphatic heterocycles. The van der Waals surface area contributed by atoms with Crippen LogP contribution in [0.4, 0.5) is 4.39 Å². The van der Waals surface area contributed by atoms with Crippen molar-refractivity contribution in [3.8, 4) is 17.2 Å². The second-order valence-corrected chi connectivity index (χ2v) is 7.45. The summed E-state index contributed by atoms with van der Waals surface area (Å²) < 4.78 is 32.6. The molecular weight excluding hydrogens is 391 g/mol. The van der Waals surface area contributed by atoms with Gasteiger partial charge in [0.15, 0.2) is 5.60 Å². The third-order valence-electron chi connectivity index (χ3n) is 5.77. The van der Waals surface area contributed by atoms with Gasteiger partial charge in [-0.2, -0.15) is 0 Å². The average Bonchev–Trinajstić information content (AvgIpc) is 2.83. The molecule has 0 N–H and O–H groups in total. The minimum atomic E-state index is -1.14. The van der Waals surface area contributed by atoms with Gasteiger partial charge in [0.05, 0.1) is 14.2 Å². The Bertz CT molecular complexity index is 1290. The normalized spacial score (nSPS) is 17.1. The van der Waals surface area contributed by atoms with Crippen LogP contribution in [-0.4, -0.2) is 14.2 Å². The first-order chi connectivity index (χ1) is 15.1. The Labute approximate surface area is 180 Å². The van der Waals surface area contributed by atoms with Gasteiger partial charge in [0.2, 0.25) is 0 Å². The number of fused-ring (bicyclic) bond motifs is 3. The molecule has 154 valence electrons. The number of rotatable bonds is 4. The number of halogens is 1. The molecule has 0 radical (unpaired) electrons. The zero-order chi connectivity index (χ0) is 21.4. The molecular formula is C27H21FO3. The van der Waals surface area contributed by atoms with Crippen LogP contribution in [0.25, 0.3) is 16.8 Å². The van der Waals surface area contributed by atoms with Crippen molar-refractivity contribution in [2.75, 3.05) is 14.2 Å². The molecule has 0 aromatic heterocycles. The molecule has 0 fully saturated rings. The molecule has 4 aromatic carbocycles. The van der Waals surface area contributed by atoms with Crippen molar-refractivity contribution >= 4 is 16.8 Å². The fourth-order valence-corrected chi connectivity index (χ4v) is 4.13. The Balaban J connectivity index is 1.75. The maximum atomic E-state index is 15.4. The fourth-order valence-electron chi connectivity index (χ4n) is 4.13. The lowest BCUT2D eigenvalue weighted by Crippen LogP contribution is -2.35. The largest absolute Gasteiger partial charge is 0.497 e. The van der Waals surface area contributed by atoms with Crippen molar-refractivity contribution in [1.29, 1.82) is 0 Å². The monoisotopic (exact) mass is 412 g/mol. The molecule has 31 heavy (non-hydrogen) atoms. The van der Waals surface area contributed by atoms with Gasteiger partial charge < -0.3 is 14.2 Å². The zero-order valence-electron chi connectivity index (χ0n) is 17.3. The molecule has 3 nitrogen and oxygen atoms in total. The summed E-state index contributed by atoms with van der Waals surface area (Å²) in [5.74, 6) is 1.51. The summed E-state index contributed by atoms with van der Waals surface area (Å²) in [4.78, 5) is 0. The van der Waals surface area contributed by atoms with Crippen molar-refractivity contribution < 1.29 is 18.6 Å². The third-order valence-corrected chi connectivity index (χ3v) is 5.77. The van der Waals surface area contributed by atoms with Crippen LogP contribution < -0.4 is 14.2 Å². The SMILES string of the molecule is COc1ccc(C2(c3ccc(OC)cc3F)C=Cc3ccc4ccccc4c3O2)cc1. The van der Waals surface area contributed by atoms with E-state index in [9.17, 15) is 0 Å². The molecule has 1 atom stereocenters. The van der Waals surface area contributed by atoms with Gasteiger partial charge in [-0.25, -0.2) is 4.39 Å². The van der Waals surface area contributed by atoms with Crippen LogP contribution in [0.3, 0.4) is 0 Å². The van der Waals surface area contributed by atoms with Crippen molar-refractivity contribution in [2.45, 2.75) is 5.60 Å². The van der Waals surface area contributed by atoms with Gasteiger partial charge in [-0.3, -0.25) is 0 Å². The quantitative estimate of drug-likeness (QED) is 0.391. The minimum Gasteiger partial charge on any atom is -0.497 e. The first kappa shape index (κ1) is 19.2. The molecule has 0 spiro atoms. The van der Waals surface area contributed by atoms with Crippen LogP contribution in [0.1, 0.15) is 16.7 Å². The van der Waals surface area contributed by atoms with Gasteiger partial charge in [0.25, 0.3) is 0 Å². The van der Waals surface area contributed by atoms with E-state index >= 15 is 4.39 Å². The summed E-state index contributed by atoms with van der Waals surface area (Å²) in [6.07, 6.45) is 3.91. The molecule has 0 saturated carbocycles. The summed E-state index contributed by atoms with van der Waals surface area (Å²) in [6, 6.07) is 24.5. The molecule has 0 aliphatic carbocycles. The van der Waals surface area contributed by atoms with E-state index in [0.29, 0.717) is 11.3 Å². The molecule has 4 heteroatoms. The van der Waals surface area contributed by atoms with Gasteiger partial charge in [-0.1, -0.05) is 54.6 Å². The summed E-state index contributed by atoms with van der Waals surface area (Å²) in [7, 11) is 3.14. The van der Waals surface area contributed by atoms with Crippen molar-refractivity contribution in [2.24, 2.45) is 0 Å². The van der Waals surface area contributed by atoms with E-state index in [1.807, 2.05) is 66.7 Å². The van der Waals surface area contributed by atoms with E-state index in [2.05, 4.69) is 6.07 Å². The molecule has 4 aromatic rings. The van der Waals surface area contributed by atoms with E-state index in [0.717, 1.165) is 33.4 Å². The lowest BCUT2D eigenvalue weighted by atomic mass is 9.83. The van der Waals surface area contributed by atoms with Crippen LogP contribution in [0.15, 0.2) is 84.9 Å². The first-order valence-corrected chi connectivity index (χ1v) is 10.0. The molecule has 0 saturated heterocycles. The van der Waals surface area contributed by atoms with Crippen molar-refractivity contribution in [3.63, 3.8) is 0 Å². The van der Waals surface area contributed by atoms with E-state index in [4.69, 9.17) is 14.2 Å². The smallest absolute Gasteiger partial charge is 0.180 e. The predicted molar refractivity (Wildman–Crippen MR) is 120 cm³/mol. The Hall–Kier alpha value is -3.79. The fraction of sp³-hybridized carbons (Fsp3) is 0.111. The second kappa shape index (κ2) is 7.47. The third kappa shape index (κ3) is 3.12. The molecule has 0 amide bonds. The van der Waals surface area contributed by atoms with Crippen molar-refractivity contribution in [1.82, 2.24) is 0 Å². The van der Waals surface area contributed by atoms with Crippen LogP contribution >= 0.6 is 0 Å².